The molecule has 1 aliphatic heterocycles. The molecule has 0 spiro atoms. The van der Waals surface area contributed by atoms with Gasteiger partial charge in [-0.25, -0.2) is 0 Å². The van der Waals surface area contributed by atoms with Gasteiger partial charge in [0.2, 0.25) is 0 Å². The molecule has 4 heteroatoms. The maximum atomic E-state index is 6.13. The Morgan fingerprint density at radius 1 is 1.25 bits per heavy atom. The molecule has 2 nitrogen and oxygen atoms in total. The zero-order valence-electron chi connectivity index (χ0n) is 11.9. The van der Waals surface area contributed by atoms with Crippen LogP contribution in [0.15, 0.2) is 18.2 Å². The van der Waals surface area contributed by atoms with Gasteiger partial charge in [0.15, 0.2) is 0 Å². The van der Waals surface area contributed by atoms with Crippen LogP contribution in [-0.2, 0) is 6.54 Å². The second-order valence-corrected chi connectivity index (χ2v) is 6.91. The Morgan fingerprint density at radius 3 is 2.70 bits per heavy atom. The smallest absolute Gasteiger partial charge is 0.0595 e. The summed E-state index contributed by atoms with van der Waals surface area (Å²) in [4.78, 5) is 2.61. The van der Waals surface area contributed by atoms with E-state index in [1.54, 1.807) is 0 Å². The van der Waals surface area contributed by atoms with E-state index in [-0.39, 0.29) is 0 Å². The summed E-state index contributed by atoms with van der Waals surface area (Å²) < 4.78 is 0. The highest BCUT2D eigenvalue weighted by atomic mass is 35.5. The number of benzene rings is 1. The average Bonchev–Trinajstić information content (AvgIpc) is 3.27. The van der Waals surface area contributed by atoms with Crippen molar-refractivity contribution in [3.63, 3.8) is 0 Å². The second kappa shape index (κ2) is 6.23. The summed E-state index contributed by atoms with van der Waals surface area (Å²) in [6.45, 7) is 5.51. The van der Waals surface area contributed by atoms with Crippen molar-refractivity contribution in [2.45, 2.75) is 44.8 Å². The van der Waals surface area contributed by atoms with Crippen molar-refractivity contribution in [1.82, 2.24) is 10.2 Å². The van der Waals surface area contributed by atoms with E-state index in [2.05, 4.69) is 23.2 Å². The van der Waals surface area contributed by atoms with Gasteiger partial charge in [-0.2, -0.15) is 0 Å². The number of piperazine rings is 1. The topological polar surface area (TPSA) is 15.3 Å². The summed E-state index contributed by atoms with van der Waals surface area (Å²) in [5, 5.41) is 5.03. The molecular weight excluding hydrogens is 291 g/mol. The lowest BCUT2D eigenvalue weighted by Crippen LogP contribution is -2.56. The Hall–Kier alpha value is -0.280. The summed E-state index contributed by atoms with van der Waals surface area (Å²) in [5.41, 5.74) is 1.26. The first kappa shape index (κ1) is 14.6. The molecule has 3 rings (SSSR count). The molecular formula is C16H22Cl2N2. The monoisotopic (exact) mass is 312 g/mol. The maximum absolute atomic E-state index is 6.13. The lowest BCUT2D eigenvalue weighted by molar-refractivity contribution is 0.112. The van der Waals surface area contributed by atoms with Gasteiger partial charge in [-0.1, -0.05) is 36.2 Å². The summed E-state index contributed by atoms with van der Waals surface area (Å²) in [6.07, 6.45) is 3.98. The minimum Gasteiger partial charge on any atom is -0.311 e. The second-order valence-electron chi connectivity index (χ2n) is 6.09. The molecule has 1 saturated heterocycles. The van der Waals surface area contributed by atoms with Gasteiger partial charge >= 0.3 is 0 Å². The molecule has 1 saturated carbocycles. The van der Waals surface area contributed by atoms with Crippen molar-refractivity contribution in [2.24, 2.45) is 5.92 Å². The first-order valence-corrected chi connectivity index (χ1v) is 8.34. The molecule has 0 amide bonds. The van der Waals surface area contributed by atoms with Crippen LogP contribution < -0.4 is 5.32 Å². The van der Waals surface area contributed by atoms with Crippen molar-refractivity contribution < 1.29 is 0 Å². The van der Waals surface area contributed by atoms with Gasteiger partial charge in [0.1, 0.15) is 0 Å². The number of halogens is 2. The van der Waals surface area contributed by atoms with E-state index in [0.29, 0.717) is 22.1 Å². The zero-order chi connectivity index (χ0) is 14.1. The van der Waals surface area contributed by atoms with Gasteiger partial charge in [0.25, 0.3) is 0 Å². The number of rotatable bonds is 4. The van der Waals surface area contributed by atoms with Crippen LogP contribution in [-0.4, -0.2) is 30.1 Å². The van der Waals surface area contributed by atoms with E-state index in [9.17, 15) is 0 Å². The maximum Gasteiger partial charge on any atom is 0.0595 e. The minimum absolute atomic E-state index is 0.624. The highest BCUT2D eigenvalue weighted by molar-refractivity contribution is 6.42. The fraction of sp³-hybridized carbons (Fsp3) is 0.625. The van der Waals surface area contributed by atoms with E-state index in [1.807, 2.05) is 12.1 Å². The quantitative estimate of drug-likeness (QED) is 0.905. The Labute approximate surface area is 131 Å². The third-order valence-electron chi connectivity index (χ3n) is 4.60. The van der Waals surface area contributed by atoms with Crippen LogP contribution in [0.3, 0.4) is 0 Å². The predicted octanol–water partition coefficient (Wildman–Crippen LogP) is 3.96. The molecule has 2 unspecified atom stereocenters. The van der Waals surface area contributed by atoms with Crippen LogP contribution >= 0.6 is 23.2 Å². The molecule has 1 aromatic carbocycles. The summed E-state index contributed by atoms with van der Waals surface area (Å²) in [6, 6.07) is 7.31. The van der Waals surface area contributed by atoms with Gasteiger partial charge in [0, 0.05) is 31.7 Å². The van der Waals surface area contributed by atoms with Crippen molar-refractivity contribution in [2.75, 3.05) is 13.1 Å². The molecule has 0 bridgehead atoms. The molecule has 20 heavy (non-hydrogen) atoms. The van der Waals surface area contributed by atoms with Crippen LogP contribution in [0, 0.1) is 5.92 Å². The lowest BCUT2D eigenvalue weighted by atomic mass is 10.0. The fourth-order valence-corrected chi connectivity index (χ4v) is 3.49. The van der Waals surface area contributed by atoms with E-state index < -0.39 is 0 Å². The highest BCUT2D eigenvalue weighted by Gasteiger charge is 2.36. The van der Waals surface area contributed by atoms with E-state index in [0.717, 1.165) is 25.6 Å². The molecule has 1 aliphatic carbocycles. The van der Waals surface area contributed by atoms with Crippen molar-refractivity contribution in [3.05, 3.63) is 33.8 Å². The molecule has 1 N–H and O–H groups in total. The molecule has 0 radical (unpaired) electrons. The van der Waals surface area contributed by atoms with Crippen LogP contribution in [0.25, 0.3) is 0 Å². The van der Waals surface area contributed by atoms with Gasteiger partial charge in [-0.3, -0.25) is 4.90 Å². The minimum atomic E-state index is 0.624. The Bertz CT molecular complexity index is 474. The fourth-order valence-electron chi connectivity index (χ4n) is 3.17. The number of hydrogen-bond donors (Lipinski definition) is 1. The molecule has 1 heterocycles. The first-order valence-electron chi connectivity index (χ1n) is 7.58. The Balaban J connectivity index is 1.69. The molecule has 2 fully saturated rings. The van der Waals surface area contributed by atoms with Crippen LogP contribution in [0.1, 0.15) is 31.7 Å². The standard InChI is InChI=1S/C16H22Cl2N2/c1-2-13-8-19-16(12-4-5-12)10-20(13)9-11-3-6-14(17)15(18)7-11/h3,6-7,12-13,16,19H,2,4-5,8-10H2,1H3. The Kier molecular flexibility index (Phi) is 4.56. The summed E-state index contributed by atoms with van der Waals surface area (Å²) in [5.74, 6) is 0.907. The summed E-state index contributed by atoms with van der Waals surface area (Å²) in [7, 11) is 0. The molecule has 110 valence electrons. The van der Waals surface area contributed by atoms with E-state index in [4.69, 9.17) is 23.2 Å². The van der Waals surface area contributed by atoms with Crippen LogP contribution in [0.4, 0.5) is 0 Å². The predicted molar refractivity (Wildman–Crippen MR) is 85.5 cm³/mol. The largest absolute Gasteiger partial charge is 0.311 e. The van der Waals surface area contributed by atoms with Gasteiger partial charge in [0.05, 0.1) is 10.0 Å². The average molecular weight is 313 g/mol. The van der Waals surface area contributed by atoms with E-state index >= 15 is 0 Å². The third kappa shape index (κ3) is 3.30. The van der Waals surface area contributed by atoms with Crippen molar-refractivity contribution in [1.29, 1.82) is 0 Å². The van der Waals surface area contributed by atoms with Crippen LogP contribution in [0.5, 0.6) is 0 Å². The number of nitrogens with one attached hydrogen (secondary N) is 1. The third-order valence-corrected chi connectivity index (χ3v) is 5.33. The van der Waals surface area contributed by atoms with Crippen molar-refractivity contribution in [3.8, 4) is 0 Å². The highest BCUT2D eigenvalue weighted by Crippen LogP contribution is 2.35. The van der Waals surface area contributed by atoms with Gasteiger partial charge in [-0.15, -0.1) is 0 Å². The molecule has 2 atom stereocenters. The summed E-state index contributed by atoms with van der Waals surface area (Å²) >= 11 is 12.1. The number of hydrogen-bond acceptors (Lipinski definition) is 2. The first-order chi connectivity index (χ1) is 9.67. The van der Waals surface area contributed by atoms with Crippen molar-refractivity contribution >= 4 is 23.2 Å². The Morgan fingerprint density at radius 2 is 2.05 bits per heavy atom. The van der Waals surface area contributed by atoms with Crippen LogP contribution in [0.2, 0.25) is 10.0 Å². The van der Waals surface area contributed by atoms with Gasteiger partial charge in [-0.05, 0) is 42.9 Å². The normalized spacial score (nSPS) is 27.8. The number of nitrogens with zero attached hydrogens (tertiary/aromatic N) is 1. The SMILES string of the molecule is CCC1CNC(C2CC2)CN1Cc1ccc(Cl)c(Cl)c1. The van der Waals surface area contributed by atoms with Gasteiger partial charge < -0.3 is 5.32 Å². The molecule has 0 aromatic heterocycles. The lowest BCUT2D eigenvalue weighted by Gasteiger charge is -2.40. The zero-order valence-corrected chi connectivity index (χ0v) is 13.4. The molecule has 2 aliphatic rings. The van der Waals surface area contributed by atoms with E-state index in [1.165, 1.54) is 24.8 Å². The molecule has 1 aromatic rings.